The SMILES string of the molecule is COCCONCc1ccc(O)c(O)c1. The van der Waals surface area contributed by atoms with Crippen LogP contribution in [0, 0.1) is 0 Å². The molecule has 1 aromatic rings. The van der Waals surface area contributed by atoms with Gasteiger partial charge in [0.05, 0.1) is 13.2 Å². The normalized spacial score (nSPS) is 10.5. The molecule has 0 amide bonds. The first kappa shape index (κ1) is 11.8. The van der Waals surface area contributed by atoms with E-state index in [0.717, 1.165) is 5.56 Å². The number of hydroxylamine groups is 1. The molecule has 0 saturated carbocycles. The van der Waals surface area contributed by atoms with E-state index in [1.165, 1.54) is 12.1 Å². The first-order valence-electron chi connectivity index (χ1n) is 4.58. The highest BCUT2D eigenvalue weighted by Crippen LogP contribution is 2.24. The molecule has 84 valence electrons. The molecule has 0 aliphatic carbocycles. The third-order valence-corrected chi connectivity index (χ3v) is 1.81. The third kappa shape index (κ3) is 4.16. The second-order valence-corrected chi connectivity index (χ2v) is 2.99. The molecule has 1 aromatic carbocycles. The van der Waals surface area contributed by atoms with Crippen LogP contribution >= 0.6 is 0 Å². The Kier molecular flexibility index (Phi) is 4.89. The second-order valence-electron chi connectivity index (χ2n) is 2.99. The van der Waals surface area contributed by atoms with Gasteiger partial charge in [-0.1, -0.05) is 6.07 Å². The minimum atomic E-state index is -0.133. The molecule has 5 nitrogen and oxygen atoms in total. The van der Waals surface area contributed by atoms with Gasteiger partial charge >= 0.3 is 0 Å². The van der Waals surface area contributed by atoms with Crippen molar-refractivity contribution < 1.29 is 19.8 Å². The van der Waals surface area contributed by atoms with E-state index in [1.807, 2.05) is 0 Å². The Bertz CT molecular complexity index is 303. The molecule has 3 N–H and O–H groups in total. The average Bonchev–Trinajstić information content (AvgIpc) is 2.23. The van der Waals surface area contributed by atoms with Crippen LogP contribution in [-0.2, 0) is 16.1 Å². The summed E-state index contributed by atoms with van der Waals surface area (Å²) in [6.07, 6.45) is 0. The molecule has 0 saturated heterocycles. The molecule has 0 fully saturated rings. The van der Waals surface area contributed by atoms with Gasteiger partial charge in [0.1, 0.15) is 0 Å². The average molecular weight is 213 g/mol. The number of methoxy groups -OCH3 is 1. The van der Waals surface area contributed by atoms with Gasteiger partial charge in [0, 0.05) is 13.7 Å². The molecule has 0 atom stereocenters. The molecular formula is C10H15NO4. The van der Waals surface area contributed by atoms with E-state index in [-0.39, 0.29) is 11.5 Å². The highest BCUT2D eigenvalue weighted by atomic mass is 16.7. The largest absolute Gasteiger partial charge is 0.504 e. The summed E-state index contributed by atoms with van der Waals surface area (Å²) >= 11 is 0. The topological polar surface area (TPSA) is 71.0 Å². The van der Waals surface area contributed by atoms with Gasteiger partial charge in [-0.05, 0) is 17.7 Å². The van der Waals surface area contributed by atoms with Crippen LogP contribution in [0.2, 0.25) is 0 Å². The number of aromatic hydroxyl groups is 2. The van der Waals surface area contributed by atoms with Gasteiger partial charge in [-0.2, -0.15) is 5.48 Å². The number of hydrogen-bond donors (Lipinski definition) is 3. The molecule has 0 aromatic heterocycles. The van der Waals surface area contributed by atoms with E-state index in [1.54, 1.807) is 13.2 Å². The van der Waals surface area contributed by atoms with Crippen LogP contribution in [0.25, 0.3) is 0 Å². The molecule has 0 spiro atoms. The van der Waals surface area contributed by atoms with Crippen molar-refractivity contribution in [3.63, 3.8) is 0 Å². The van der Waals surface area contributed by atoms with Gasteiger partial charge < -0.3 is 14.9 Å². The van der Waals surface area contributed by atoms with Crippen molar-refractivity contribution in [2.75, 3.05) is 20.3 Å². The summed E-state index contributed by atoms with van der Waals surface area (Å²) in [7, 11) is 1.60. The smallest absolute Gasteiger partial charge is 0.157 e. The number of phenols is 2. The predicted octanol–water partition coefficient (Wildman–Crippen LogP) is 0.765. The maximum Gasteiger partial charge on any atom is 0.157 e. The Hall–Kier alpha value is -1.30. The Morgan fingerprint density at radius 1 is 1.20 bits per heavy atom. The lowest BCUT2D eigenvalue weighted by molar-refractivity contribution is 0.00344. The maximum absolute atomic E-state index is 9.20. The highest BCUT2D eigenvalue weighted by molar-refractivity contribution is 5.40. The molecule has 0 radical (unpaired) electrons. The van der Waals surface area contributed by atoms with Crippen LogP contribution in [0.3, 0.4) is 0 Å². The zero-order valence-corrected chi connectivity index (χ0v) is 8.56. The quantitative estimate of drug-likeness (QED) is 0.370. The summed E-state index contributed by atoms with van der Waals surface area (Å²) in [5.41, 5.74) is 3.53. The van der Waals surface area contributed by atoms with Crippen LogP contribution in [0.1, 0.15) is 5.56 Å². The van der Waals surface area contributed by atoms with E-state index in [0.29, 0.717) is 19.8 Å². The zero-order chi connectivity index (χ0) is 11.1. The Labute approximate surface area is 88.2 Å². The molecule has 0 aliphatic rings. The van der Waals surface area contributed by atoms with E-state index in [4.69, 9.17) is 14.7 Å². The second kappa shape index (κ2) is 6.23. The van der Waals surface area contributed by atoms with E-state index in [2.05, 4.69) is 5.48 Å². The fourth-order valence-corrected chi connectivity index (χ4v) is 1.01. The number of hydrogen-bond acceptors (Lipinski definition) is 5. The lowest BCUT2D eigenvalue weighted by Crippen LogP contribution is -2.16. The summed E-state index contributed by atoms with van der Waals surface area (Å²) < 4.78 is 4.79. The van der Waals surface area contributed by atoms with Gasteiger partial charge in [0.2, 0.25) is 0 Å². The molecule has 0 unspecified atom stereocenters. The first-order valence-corrected chi connectivity index (χ1v) is 4.58. The van der Waals surface area contributed by atoms with Gasteiger partial charge in [-0.3, -0.25) is 4.84 Å². The van der Waals surface area contributed by atoms with Crippen molar-refractivity contribution in [3.05, 3.63) is 23.8 Å². The zero-order valence-electron chi connectivity index (χ0n) is 8.56. The van der Waals surface area contributed by atoms with Crippen molar-refractivity contribution >= 4 is 0 Å². The van der Waals surface area contributed by atoms with E-state index in [9.17, 15) is 5.11 Å². The van der Waals surface area contributed by atoms with Crippen LogP contribution in [-0.4, -0.2) is 30.5 Å². The molecule has 0 aliphatic heterocycles. The minimum Gasteiger partial charge on any atom is -0.504 e. The van der Waals surface area contributed by atoms with Gasteiger partial charge in [0.25, 0.3) is 0 Å². The fraction of sp³-hybridized carbons (Fsp3) is 0.400. The lowest BCUT2D eigenvalue weighted by atomic mass is 10.2. The number of rotatable bonds is 6. The van der Waals surface area contributed by atoms with Crippen molar-refractivity contribution in [1.82, 2.24) is 5.48 Å². The molecule has 0 heterocycles. The van der Waals surface area contributed by atoms with Crippen molar-refractivity contribution in [1.29, 1.82) is 0 Å². The van der Waals surface area contributed by atoms with Gasteiger partial charge in [-0.25, -0.2) is 0 Å². The molecule has 1 rings (SSSR count). The summed E-state index contributed by atoms with van der Waals surface area (Å²) in [5.74, 6) is -0.259. The number of phenolic OH excluding ortho intramolecular Hbond substituents is 2. The van der Waals surface area contributed by atoms with Crippen molar-refractivity contribution in [3.8, 4) is 11.5 Å². The molecular weight excluding hydrogens is 198 g/mol. The summed E-state index contributed by atoms with van der Waals surface area (Å²) in [6.45, 7) is 1.44. The van der Waals surface area contributed by atoms with E-state index >= 15 is 0 Å². The Morgan fingerprint density at radius 2 is 2.00 bits per heavy atom. The molecule has 0 bridgehead atoms. The monoisotopic (exact) mass is 213 g/mol. The van der Waals surface area contributed by atoms with Crippen LogP contribution < -0.4 is 5.48 Å². The van der Waals surface area contributed by atoms with Gasteiger partial charge in [-0.15, -0.1) is 0 Å². The first-order chi connectivity index (χ1) is 7.24. The standard InChI is InChI=1S/C10H15NO4/c1-14-4-5-15-11-7-8-2-3-9(12)10(13)6-8/h2-3,6,11-13H,4-5,7H2,1H3. The fourth-order valence-electron chi connectivity index (χ4n) is 1.01. The van der Waals surface area contributed by atoms with Crippen molar-refractivity contribution in [2.45, 2.75) is 6.54 Å². The predicted molar refractivity (Wildman–Crippen MR) is 54.4 cm³/mol. The number of benzene rings is 1. The van der Waals surface area contributed by atoms with Crippen LogP contribution in [0.15, 0.2) is 18.2 Å². The van der Waals surface area contributed by atoms with Crippen LogP contribution in [0.4, 0.5) is 0 Å². The Balaban J connectivity index is 2.28. The summed E-state index contributed by atoms with van der Waals surface area (Å²) in [4.78, 5) is 5.03. The maximum atomic E-state index is 9.20. The lowest BCUT2D eigenvalue weighted by Gasteiger charge is -2.06. The van der Waals surface area contributed by atoms with Gasteiger partial charge in [0.15, 0.2) is 11.5 Å². The number of ether oxygens (including phenoxy) is 1. The third-order valence-electron chi connectivity index (χ3n) is 1.81. The number of nitrogens with one attached hydrogen (secondary N) is 1. The van der Waals surface area contributed by atoms with Crippen LogP contribution in [0.5, 0.6) is 11.5 Å². The van der Waals surface area contributed by atoms with E-state index < -0.39 is 0 Å². The summed E-state index contributed by atoms with van der Waals surface area (Å²) in [5, 5.41) is 18.3. The Morgan fingerprint density at radius 3 is 2.67 bits per heavy atom. The van der Waals surface area contributed by atoms with Crippen molar-refractivity contribution in [2.24, 2.45) is 0 Å². The molecule has 15 heavy (non-hydrogen) atoms. The molecule has 5 heteroatoms. The summed E-state index contributed by atoms with van der Waals surface area (Å²) in [6, 6.07) is 4.60. The minimum absolute atomic E-state index is 0.126. The highest BCUT2D eigenvalue weighted by Gasteiger charge is 1.99.